The zero-order valence-corrected chi connectivity index (χ0v) is 17.6. The average molecular weight is 422 g/mol. The number of amides is 1. The fourth-order valence-corrected chi connectivity index (χ4v) is 5.17. The van der Waals surface area contributed by atoms with E-state index in [1.54, 1.807) is 12.1 Å². The summed E-state index contributed by atoms with van der Waals surface area (Å²) in [5.74, 6) is -0.103. The maximum absolute atomic E-state index is 14.0. The van der Waals surface area contributed by atoms with Crippen molar-refractivity contribution in [2.75, 3.05) is 26.2 Å². The molecule has 0 bridgehead atoms. The zero-order chi connectivity index (χ0) is 21.4. The monoisotopic (exact) mass is 421 g/mol. The molecule has 1 unspecified atom stereocenters. The number of nitrogens with one attached hydrogen (secondary N) is 1. The number of carbonyl (C=O) groups excluding carboxylic acids is 1. The maximum Gasteiger partial charge on any atom is 0.248 e. The minimum atomic E-state index is -0.383. The summed E-state index contributed by atoms with van der Waals surface area (Å²) in [5.41, 5.74) is 10.2. The number of rotatable bonds is 5. The van der Waals surface area contributed by atoms with Crippen LogP contribution in [0.15, 0.2) is 42.6 Å². The zero-order valence-electron chi connectivity index (χ0n) is 17.6. The van der Waals surface area contributed by atoms with Gasteiger partial charge in [-0.15, -0.1) is 0 Å². The van der Waals surface area contributed by atoms with Gasteiger partial charge in [-0.2, -0.15) is 0 Å². The van der Waals surface area contributed by atoms with Crippen LogP contribution in [0.3, 0.4) is 0 Å². The first-order chi connectivity index (χ1) is 15.1. The number of H-pyrrole nitrogens is 1. The van der Waals surface area contributed by atoms with Crippen LogP contribution in [-0.2, 0) is 11.2 Å². The van der Waals surface area contributed by atoms with Crippen LogP contribution in [0.25, 0.3) is 10.9 Å². The third kappa shape index (κ3) is 3.98. The van der Waals surface area contributed by atoms with Gasteiger partial charge >= 0.3 is 0 Å². The minimum absolute atomic E-state index is 0.0694. The normalized spacial score (nSPS) is 20.1. The first-order valence-corrected chi connectivity index (χ1v) is 11.1. The summed E-state index contributed by atoms with van der Waals surface area (Å²) in [6.45, 7) is 3.73. The molecule has 6 heteroatoms. The van der Waals surface area contributed by atoms with Crippen molar-refractivity contribution < 1.29 is 13.9 Å². The van der Waals surface area contributed by atoms with E-state index in [1.165, 1.54) is 22.8 Å². The third-order valence-corrected chi connectivity index (χ3v) is 6.90. The first-order valence-electron chi connectivity index (χ1n) is 11.1. The molecule has 0 radical (unpaired) electrons. The number of hydrogen-bond acceptors (Lipinski definition) is 3. The van der Waals surface area contributed by atoms with Crippen LogP contribution in [0, 0.1) is 5.82 Å². The van der Waals surface area contributed by atoms with Gasteiger partial charge in [0.15, 0.2) is 0 Å². The highest BCUT2D eigenvalue weighted by Crippen LogP contribution is 2.35. The smallest absolute Gasteiger partial charge is 0.248 e. The lowest BCUT2D eigenvalue weighted by Crippen LogP contribution is -2.34. The van der Waals surface area contributed by atoms with Crippen LogP contribution in [-0.4, -0.2) is 42.0 Å². The molecule has 1 fully saturated rings. The Kier molecular flexibility index (Phi) is 5.50. The number of nitrogens with zero attached hydrogens (tertiary/aromatic N) is 1. The van der Waals surface area contributed by atoms with Crippen molar-refractivity contribution in [2.45, 2.75) is 37.7 Å². The molecule has 2 aromatic carbocycles. The Morgan fingerprint density at radius 1 is 1.19 bits per heavy atom. The Balaban J connectivity index is 1.19. The number of carbonyl (C=O) groups is 1. The fraction of sp³-hybridized carbons (Fsp3) is 0.400. The number of aromatic amines is 1. The number of piperidine rings is 1. The summed E-state index contributed by atoms with van der Waals surface area (Å²) in [4.78, 5) is 17.1. The minimum Gasteiger partial charge on any atom is -0.373 e. The lowest BCUT2D eigenvalue weighted by Gasteiger charge is -2.34. The van der Waals surface area contributed by atoms with Crippen molar-refractivity contribution in [1.29, 1.82) is 0 Å². The Bertz CT molecular complexity index is 1100. The number of aromatic nitrogens is 1. The summed E-state index contributed by atoms with van der Waals surface area (Å²) in [7, 11) is 0. The van der Waals surface area contributed by atoms with Crippen LogP contribution in [0.2, 0.25) is 0 Å². The van der Waals surface area contributed by atoms with Crippen LogP contribution in [0.4, 0.5) is 4.39 Å². The number of fused-ring (bicyclic) bond motifs is 2. The van der Waals surface area contributed by atoms with E-state index in [1.807, 2.05) is 24.4 Å². The molecular formula is C25H28FN3O2. The molecular weight excluding hydrogens is 393 g/mol. The van der Waals surface area contributed by atoms with Gasteiger partial charge in [-0.1, -0.05) is 18.2 Å². The standard InChI is InChI=1S/C25H28FN3O2/c26-22-3-1-2-20-21(15-28-24(20)22)16-6-10-29(11-7-16)12-8-23-19-5-4-18(25(27)30)14-17(19)9-13-31-23/h1-5,14-16,23,28H,6-13H2,(H2,27,30). The molecule has 0 spiro atoms. The van der Waals surface area contributed by atoms with Gasteiger partial charge in [0, 0.05) is 23.7 Å². The molecule has 1 amide bonds. The van der Waals surface area contributed by atoms with Gasteiger partial charge in [-0.25, -0.2) is 4.39 Å². The van der Waals surface area contributed by atoms with Gasteiger partial charge in [-0.05, 0) is 79.6 Å². The van der Waals surface area contributed by atoms with E-state index >= 15 is 0 Å². The highest BCUT2D eigenvalue weighted by Gasteiger charge is 2.26. The van der Waals surface area contributed by atoms with Gasteiger partial charge in [0.2, 0.25) is 5.91 Å². The number of nitrogens with two attached hydrogens (primary N) is 1. The topological polar surface area (TPSA) is 71.4 Å². The molecule has 1 aromatic heterocycles. The Hall–Kier alpha value is -2.70. The van der Waals surface area contributed by atoms with E-state index in [0.29, 0.717) is 23.6 Å². The van der Waals surface area contributed by atoms with E-state index in [0.717, 1.165) is 50.7 Å². The van der Waals surface area contributed by atoms with Crippen molar-refractivity contribution in [1.82, 2.24) is 9.88 Å². The Labute approximate surface area is 181 Å². The van der Waals surface area contributed by atoms with Crippen LogP contribution < -0.4 is 5.73 Å². The van der Waals surface area contributed by atoms with Crippen molar-refractivity contribution in [3.63, 3.8) is 0 Å². The van der Waals surface area contributed by atoms with E-state index in [9.17, 15) is 9.18 Å². The predicted octanol–water partition coefficient (Wildman–Crippen LogP) is 4.29. The van der Waals surface area contributed by atoms with E-state index in [2.05, 4.69) is 9.88 Å². The van der Waals surface area contributed by atoms with E-state index in [-0.39, 0.29) is 17.8 Å². The molecule has 162 valence electrons. The number of hydrogen-bond donors (Lipinski definition) is 2. The van der Waals surface area contributed by atoms with Crippen molar-refractivity contribution in [3.8, 4) is 0 Å². The lowest BCUT2D eigenvalue weighted by atomic mass is 9.88. The molecule has 1 saturated heterocycles. The fourth-order valence-electron chi connectivity index (χ4n) is 5.17. The van der Waals surface area contributed by atoms with Gasteiger partial charge in [0.05, 0.1) is 18.2 Å². The molecule has 3 N–H and O–H groups in total. The van der Waals surface area contributed by atoms with Gasteiger partial charge in [0.25, 0.3) is 0 Å². The highest BCUT2D eigenvalue weighted by atomic mass is 19.1. The number of halogens is 1. The molecule has 0 saturated carbocycles. The van der Waals surface area contributed by atoms with Crippen LogP contribution >= 0.6 is 0 Å². The summed E-state index contributed by atoms with van der Waals surface area (Å²) in [6.07, 6.45) is 5.97. The number of ether oxygens (including phenoxy) is 1. The van der Waals surface area contributed by atoms with E-state index in [4.69, 9.17) is 10.5 Å². The Morgan fingerprint density at radius 3 is 2.84 bits per heavy atom. The molecule has 5 rings (SSSR count). The van der Waals surface area contributed by atoms with Gasteiger partial charge in [-0.3, -0.25) is 4.79 Å². The van der Waals surface area contributed by atoms with Gasteiger partial charge < -0.3 is 20.4 Å². The number of benzene rings is 2. The number of para-hydroxylation sites is 1. The summed E-state index contributed by atoms with van der Waals surface area (Å²) < 4.78 is 20.1. The molecule has 31 heavy (non-hydrogen) atoms. The molecule has 2 aliphatic heterocycles. The molecule has 3 heterocycles. The largest absolute Gasteiger partial charge is 0.373 e. The molecule has 0 aliphatic carbocycles. The highest BCUT2D eigenvalue weighted by molar-refractivity contribution is 5.93. The van der Waals surface area contributed by atoms with Crippen LogP contribution in [0.1, 0.15) is 58.3 Å². The van der Waals surface area contributed by atoms with E-state index < -0.39 is 0 Å². The SMILES string of the molecule is NC(=O)c1ccc2c(c1)CCOC2CCN1CCC(c2c[nH]c3c(F)cccc23)CC1. The second-order valence-electron chi connectivity index (χ2n) is 8.70. The van der Waals surface area contributed by atoms with Crippen molar-refractivity contribution in [2.24, 2.45) is 5.73 Å². The summed E-state index contributed by atoms with van der Waals surface area (Å²) in [5, 5.41) is 1.01. The summed E-state index contributed by atoms with van der Waals surface area (Å²) in [6, 6.07) is 11.0. The number of likely N-dealkylation sites (tertiary alicyclic amines) is 1. The lowest BCUT2D eigenvalue weighted by molar-refractivity contribution is 0.0275. The van der Waals surface area contributed by atoms with Crippen molar-refractivity contribution in [3.05, 3.63) is 70.7 Å². The second kappa shape index (κ2) is 8.44. The maximum atomic E-state index is 14.0. The van der Waals surface area contributed by atoms with Crippen LogP contribution in [0.5, 0.6) is 0 Å². The average Bonchev–Trinajstić information content (AvgIpc) is 3.23. The predicted molar refractivity (Wildman–Crippen MR) is 119 cm³/mol. The van der Waals surface area contributed by atoms with Gasteiger partial charge in [0.1, 0.15) is 5.82 Å². The molecule has 2 aliphatic rings. The number of primary amides is 1. The second-order valence-corrected chi connectivity index (χ2v) is 8.70. The van der Waals surface area contributed by atoms with Crippen molar-refractivity contribution >= 4 is 16.8 Å². The molecule has 3 aromatic rings. The Morgan fingerprint density at radius 2 is 2.03 bits per heavy atom. The third-order valence-electron chi connectivity index (χ3n) is 6.90. The molecule has 1 atom stereocenters. The first kappa shape index (κ1) is 20.2. The quantitative estimate of drug-likeness (QED) is 0.646. The molecule has 5 nitrogen and oxygen atoms in total. The summed E-state index contributed by atoms with van der Waals surface area (Å²) >= 11 is 0.